The maximum atomic E-state index is 13.1. The van der Waals surface area contributed by atoms with E-state index in [1.165, 1.54) is 10.2 Å². The second-order valence-corrected chi connectivity index (χ2v) is 7.51. The average molecular weight is 377 g/mol. The van der Waals surface area contributed by atoms with Crippen molar-refractivity contribution >= 4 is 16.7 Å². The van der Waals surface area contributed by atoms with E-state index in [9.17, 15) is 9.59 Å². The highest BCUT2D eigenvalue weighted by Gasteiger charge is 2.22. The van der Waals surface area contributed by atoms with Gasteiger partial charge < -0.3 is 5.32 Å². The number of nitrogens with zero attached hydrogens (tertiary/aromatic N) is 2. The molecule has 0 saturated heterocycles. The van der Waals surface area contributed by atoms with E-state index in [2.05, 4.69) is 55.5 Å². The van der Waals surface area contributed by atoms with Gasteiger partial charge in [-0.2, -0.15) is 5.10 Å². The third-order valence-corrected chi connectivity index (χ3v) is 5.00. The van der Waals surface area contributed by atoms with Crippen molar-refractivity contribution in [3.63, 3.8) is 0 Å². The molecule has 146 valence electrons. The normalized spacial score (nSPS) is 12.3. The van der Waals surface area contributed by atoms with E-state index < -0.39 is 0 Å². The lowest BCUT2D eigenvalue weighted by atomic mass is 9.94. The number of benzene rings is 2. The Labute approximate surface area is 165 Å². The Balaban J connectivity index is 1.95. The third kappa shape index (κ3) is 3.98. The van der Waals surface area contributed by atoms with Crippen LogP contribution in [0.5, 0.6) is 0 Å². The van der Waals surface area contributed by atoms with E-state index in [1.54, 1.807) is 25.2 Å². The maximum Gasteiger partial charge on any atom is 0.274 e. The van der Waals surface area contributed by atoms with Gasteiger partial charge in [-0.1, -0.05) is 69.7 Å². The van der Waals surface area contributed by atoms with Crippen LogP contribution in [0.3, 0.4) is 0 Å². The highest BCUT2D eigenvalue weighted by molar-refractivity contribution is 6.04. The van der Waals surface area contributed by atoms with Crippen molar-refractivity contribution in [2.45, 2.75) is 39.7 Å². The number of fused-ring (bicyclic) bond motifs is 1. The van der Waals surface area contributed by atoms with E-state index in [0.29, 0.717) is 10.8 Å². The molecular weight excluding hydrogens is 350 g/mol. The zero-order valence-corrected chi connectivity index (χ0v) is 16.9. The standard InChI is InChI=1S/C23H27N3O2/c1-5-8-16-11-13-17(14-12-16)20(15(2)3)24-22(27)21-18-9-6-7-10-19(18)23(28)26(4)25-21/h6-7,9-15,20H,5,8H2,1-4H3,(H,24,27). The quantitative estimate of drug-likeness (QED) is 0.706. The molecule has 28 heavy (non-hydrogen) atoms. The van der Waals surface area contributed by atoms with Crippen molar-refractivity contribution in [3.05, 3.63) is 75.7 Å². The fourth-order valence-corrected chi connectivity index (χ4v) is 3.49. The van der Waals surface area contributed by atoms with Gasteiger partial charge in [0.2, 0.25) is 0 Å². The molecule has 3 rings (SSSR count). The van der Waals surface area contributed by atoms with Crippen molar-refractivity contribution in [3.8, 4) is 0 Å². The van der Waals surface area contributed by atoms with E-state index in [4.69, 9.17) is 0 Å². The van der Waals surface area contributed by atoms with Gasteiger partial charge in [-0.3, -0.25) is 9.59 Å². The van der Waals surface area contributed by atoms with Crippen molar-refractivity contribution in [2.24, 2.45) is 13.0 Å². The first kappa shape index (κ1) is 19.8. The molecule has 0 bridgehead atoms. The molecule has 0 radical (unpaired) electrons. The summed E-state index contributed by atoms with van der Waals surface area (Å²) in [6.45, 7) is 6.32. The molecule has 5 heteroatoms. The summed E-state index contributed by atoms with van der Waals surface area (Å²) in [6.07, 6.45) is 2.15. The van der Waals surface area contributed by atoms with E-state index in [1.807, 2.05) is 6.07 Å². The minimum absolute atomic E-state index is 0.138. The molecule has 1 atom stereocenters. The molecule has 0 saturated carbocycles. The highest BCUT2D eigenvalue weighted by atomic mass is 16.2. The van der Waals surface area contributed by atoms with Gasteiger partial charge in [0.05, 0.1) is 11.4 Å². The predicted molar refractivity (Wildman–Crippen MR) is 112 cm³/mol. The number of amides is 1. The number of nitrogens with one attached hydrogen (secondary N) is 1. The third-order valence-electron chi connectivity index (χ3n) is 5.00. The van der Waals surface area contributed by atoms with Crippen molar-refractivity contribution < 1.29 is 4.79 Å². The summed E-state index contributed by atoms with van der Waals surface area (Å²) in [5.41, 5.74) is 2.42. The molecule has 0 fully saturated rings. The maximum absolute atomic E-state index is 13.1. The summed E-state index contributed by atoms with van der Waals surface area (Å²) in [6, 6.07) is 15.4. The van der Waals surface area contributed by atoms with Gasteiger partial charge in [-0.25, -0.2) is 4.68 Å². The van der Waals surface area contributed by atoms with Crippen LogP contribution in [0.4, 0.5) is 0 Å². The Morgan fingerprint density at radius 1 is 1.07 bits per heavy atom. The van der Waals surface area contributed by atoms with Crippen LogP contribution in [0.15, 0.2) is 53.3 Å². The number of rotatable bonds is 6. The van der Waals surface area contributed by atoms with Crippen molar-refractivity contribution in [1.29, 1.82) is 0 Å². The molecular formula is C23H27N3O2. The molecule has 2 aromatic carbocycles. The first-order valence-electron chi connectivity index (χ1n) is 9.78. The second-order valence-electron chi connectivity index (χ2n) is 7.51. The molecule has 5 nitrogen and oxygen atoms in total. The largest absolute Gasteiger partial charge is 0.344 e. The van der Waals surface area contributed by atoms with Crippen molar-refractivity contribution in [1.82, 2.24) is 15.1 Å². The molecule has 1 heterocycles. The minimum Gasteiger partial charge on any atom is -0.344 e. The monoisotopic (exact) mass is 377 g/mol. The predicted octanol–water partition coefficient (Wildman–Crippen LogP) is 4.01. The molecule has 0 aliphatic carbocycles. The van der Waals surface area contributed by atoms with Crippen LogP contribution in [0.2, 0.25) is 0 Å². The Morgan fingerprint density at radius 3 is 2.32 bits per heavy atom. The first-order chi connectivity index (χ1) is 13.4. The van der Waals surface area contributed by atoms with Crippen molar-refractivity contribution in [2.75, 3.05) is 0 Å². The molecule has 1 N–H and O–H groups in total. The van der Waals surface area contributed by atoms with Gasteiger partial charge in [0, 0.05) is 12.4 Å². The van der Waals surface area contributed by atoms with Crippen LogP contribution in [0, 0.1) is 5.92 Å². The molecule has 3 aromatic rings. The summed E-state index contributed by atoms with van der Waals surface area (Å²) in [5.74, 6) is -0.0668. The molecule has 0 aliphatic heterocycles. The SMILES string of the molecule is CCCc1ccc(C(NC(=O)c2nn(C)c(=O)c3ccccc23)C(C)C)cc1. The van der Waals surface area contributed by atoms with Gasteiger partial charge in [0.1, 0.15) is 0 Å². The fraction of sp³-hybridized carbons (Fsp3) is 0.348. The van der Waals surface area contributed by atoms with Crippen LogP contribution in [0.1, 0.15) is 54.8 Å². The number of aromatic nitrogens is 2. The van der Waals surface area contributed by atoms with E-state index in [0.717, 1.165) is 18.4 Å². The summed E-state index contributed by atoms with van der Waals surface area (Å²) >= 11 is 0. The Bertz CT molecular complexity index is 1040. The number of hydrogen-bond acceptors (Lipinski definition) is 3. The van der Waals surface area contributed by atoms with Crippen LogP contribution in [-0.4, -0.2) is 15.7 Å². The molecule has 1 aromatic heterocycles. The van der Waals surface area contributed by atoms with Gasteiger partial charge in [0.15, 0.2) is 5.69 Å². The van der Waals surface area contributed by atoms with E-state index in [-0.39, 0.29) is 29.1 Å². The highest BCUT2D eigenvalue weighted by Crippen LogP contribution is 2.23. The molecule has 1 amide bonds. The molecule has 0 aliphatic rings. The zero-order chi connectivity index (χ0) is 20.3. The van der Waals surface area contributed by atoms with Crippen LogP contribution >= 0.6 is 0 Å². The summed E-state index contributed by atoms with van der Waals surface area (Å²) in [7, 11) is 1.57. The van der Waals surface area contributed by atoms with E-state index >= 15 is 0 Å². The number of carbonyl (C=O) groups is 1. The lowest BCUT2D eigenvalue weighted by Crippen LogP contribution is -2.34. The minimum atomic E-state index is -0.275. The van der Waals surface area contributed by atoms with Crippen LogP contribution in [-0.2, 0) is 13.5 Å². The second kappa shape index (κ2) is 8.38. The Kier molecular flexibility index (Phi) is 5.93. The first-order valence-corrected chi connectivity index (χ1v) is 9.78. The zero-order valence-electron chi connectivity index (χ0n) is 16.9. The smallest absolute Gasteiger partial charge is 0.274 e. The Hall–Kier alpha value is -2.95. The van der Waals surface area contributed by atoms with Crippen LogP contribution in [0.25, 0.3) is 10.8 Å². The van der Waals surface area contributed by atoms with Gasteiger partial charge in [0.25, 0.3) is 11.5 Å². The summed E-state index contributed by atoms with van der Waals surface area (Å²) in [5, 5.41) is 8.43. The molecule has 0 spiro atoms. The van der Waals surface area contributed by atoms with Crippen LogP contribution < -0.4 is 10.9 Å². The van der Waals surface area contributed by atoms with Gasteiger partial charge in [-0.05, 0) is 29.5 Å². The number of carbonyl (C=O) groups excluding carboxylic acids is 1. The summed E-state index contributed by atoms with van der Waals surface area (Å²) < 4.78 is 1.22. The number of hydrogen-bond donors (Lipinski definition) is 1. The number of aryl methyl sites for hydroxylation is 2. The Morgan fingerprint density at radius 2 is 1.71 bits per heavy atom. The lowest BCUT2D eigenvalue weighted by Gasteiger charge is -2.23. The fourth-order valence-electron chi connectivity index (χ4n) is 3.49. The summed E-state index contributed by atoms with van der Waals surface area (Å²) in [4.78, 5) is 25.4. The topological polar surface area (TPSA) is 64.0 Å². The molecule has 1 unspecified atom stereocenters. The van der Waals surface area contributed by atoms with Gasteiger partial charge in [-0.15, -0.1) is 0 Å². The lowest BCUT2D eigenvalue weighted by molar-refractivity contribution is 0.0920. The average Bonchev–Trinajstić information content (AvgIpc) is 2.69. The van der Waals surface area contributed by atoms with Gasteiger partial charge >= 0.3 is 0 Å².